The fourth-order valence-corrected chi connectivity index (χ4v) is 2.30. The maximum Gasteiger partial charge on any atom is 0.282 e. The first-order chi connectivity index (χ1) is 11.3. The van der Waals surface area contributed by atoms with Gasteiger partial charge in [0, 0.05) is 6.07 Å². The van der Waals surface area contributed by atoms with Crippen LogP contribution in [0.15, 0.2) is 54.6 Å². The van der Waals surface area contributed by atoms with Crippen LogP contribution >= 0.6 is 0 Å². The first-order valence-corrected chi connectivity index (χ1v) is 7.35. The Morgan fingerprint density at radius 3 is 2.30 bits per heavy atom. The number of aryl methyl sites for hydroxylation is 1. The van der Waals surface area contributed by atoms with Crippen molar-refractivity contribution in [1.82, 2.24) is 10.2 Å². The molecule has 0 saturated carbocycles. The van der Waals surface area contributed by atoms with E-state index in [4.69, 9.17) is 9.47 Å². The van der Waals surface area contributed by atoms with Crippen LogP contribution in [0.25, 0.3) is 12.2 Å². The highest BCUT2D eigenvalue weighted by Crippen LogP contribution is 2.43. The molecule has 2 aromatic carbocycles. The highest BCUT2D eigenvalue weighted by Gasteiger charge is 2.20. The topological polar surface area (TPSA) is 44.2 Å². The maximum absolute atomic E-state index is 5.82. The van der Waals surface area contributed by atoms with Gasteiger partial charge in [0.2, 0.25) is 0 Å². The lowest BCUT2D eigenvalue weighted by atomic mass is 10.1. The first kappa shape index (κ1) is 13.5. The van der Waals surface area contributed by atoms with E-state index in [0.717, 1.165) is 5.56 Å². The van der Waals surface area contributed by atoms with E-state index in [2.05, 4.69) is 41.4 Å². The number of rotatable bonds is 2. The normalized spacial score (nSPS) is 12.2. The van der Waals surface area contributed by atoms with E-state index in [1.54, 1.807) is 0 Å². The lowest BCUT2D eigenvalue weighted by Crippen LogP contribution is -2.02. The standard InChI is InChI=1S/C19H14N2O2/c1-13-6-8-14(9-7-13)10-11-15-12-18-19(21-20-15)23-17-5-3-2-4-16(17)22-18/h2-12H,1H3. The number of benzene rings is 2. The van der Waals surface area contributed by atoms with Crippen molar-refractivity contribution in [2.24, 2.45) is 0 Å². The average Bonchev–Trinajstić information content (AvgIpc) is 2.59. The molecule has 0 aliphatic carbocycles. The minimum Gasteiger partial charge on any atom is -0.448 e. The van der Waals surface area contributed by atoms with Crippen LogP contribution in [0.4, 0.5) is 0 Å². The molecule has 1 aromatic heterocycles. The fourth-order valence-electron chi connectivity index (χ4n) is 2.30. The third kappa shape index (κ3) is 2.79. The van der Waals surface area contributed by atoms with Gasteiger partial charge >= 0.3 is 0 Å². The molecule has 112 valence electrons. The molecule has 23 heavy (non-hydrogen) atoms. The third-order valence-electron chi connectivity index (χ3n) is 3.55. The van der Waals surface area contributed by atoms with Gasteiger partial charge in [0.25, 0.3) is 5.88 Å². The summed E-state index contributed by atoms with van der Waals surface area (Å²) in [5.41, 5.74) is 3.06. The minimum atomic E-state index is 0.385. The van der Waals surface area contributed by atoms with Gasteiger partial charge in [-0.2, -0.15) is 0 Å². The first-order valence-electron chi connectivity index (χ1n) is 7.35. The summed E-state index contributed by atoms with van der Waals surface area (Å²) in [7, 11) is 0. The number of aromatic nitrogens is 2. The van der Waals surface area contributed by atoms with Crippen LogP contribution in [0.1, 0.15) is 16.8 Å². The Bertz CT molecular complexity index is 886. The van der Waals surface area contributed by atoms with Gasteiger partial charge in [-0.05, 0) is 30.7 Å². The summed E-state index contributed by atoms with van der Waals surface area (Å²) in [6.07, 6.45) is 3.90. The second-order valence-corrected chi connectivity index (χ2v) is 5.33. The molecule has 1 aliphatic rings. The molecular weight excluding hydrogens is 288 g/mol. The summed E-state index contributed by atoms with van der Waals surface area (Å²) in [5.74, 6) is 2.29. The summed E-state index contributed by atoms with van der Waals surface area (Å²) in [4.78, 5) is 0. The van der Waals surface area contributed by atoms with Gasteiger partial charge in [-0.25, -0.2) is 0 Å². The molecule has 0 spiro atoms. The smallest absolute Gasteiger partial charge is 0.282 e. The van der Waals surface area contributed by atoms with Crippen LogP contribution in [0.5, 0.6) is 23.1 Å². The summed E-state index contributed by atoms with van der Waals surface area (Å²) in [5, 5.41) is 8.25. The third-order valence-corrected chi connectivity index (χ3v) is 3.55. The average molecular weight is 302 g/mol. The van der Waals surface area contributed by atoms with Gasteiger partial charge in [0.1, 0.15) is 0 Å². The van der Waals surface area contributed by atoms with Crippen molar-refractivity contribution in [3.05, 3.63) is 71.4 Å². The number of hydrogen-bond donors (Lipinski definition) is 0. The summed E-state index contributed by atoms with van der Waals surface area (Å²) >= 11 is 0. The molecule has 0 N–H and O–H groups in total. The van der Waals surface area contributed by atoms with Crippen molar-refractivity contribution >= 4 is 12.2 Å². The van der Waals surface area contributed by atoms with Crippen molar-refractivity contribution < 1.29 is 9.47 Å². The SMILES string of the molecule is Cc1ccc(C=Cc2cc3c(nn2)Oc2ccccc2O3)cc1. The lowest BCUT2D eigenvalue weighted by Gasteiger charge is -2.18. The number of fused-ring (bicyclic) bond motifs is 2. The number of hydrogen-bond acceptors (Lipinski definition) is 4. The Labute approximate surface area is 134 Å². The van der Waals surface area contributed by atoms with E-state index in [1.165, 1.54) is 5.56 Å². The van der Waals surface area contributed by atoms with Crippen LogP contribution in [0.3, 0.4) is 0 Å². The van der Waals surface area contributed by atoms with Crippen molar-refractivity contribution in [3.8, 4) is 23.1 Å². The molecule has 0 radical (unpaired) electrons. The lowest BCUT2D eigenvalue weighted by molar-refractivity contribution is 0.343. The predicted molar refractivity (Wildman–Crippen MR) is 88.7 cm³/mol. The summed E-state index contributed by atoms with van der Waals surface area (Å²) in [6, 6.07) is 17.6. The largest absolute Gasteiger partial charge is 0.448 e. The van der Waals surface area contributed by atoms with Crippen molar-refractivity contribution in [2.45, 2.75) is 6.92 Å². The van der Waals surface area contributed by atoms with Crippen LogP contribution < -0.4 is 9.47 Å². The Balaban J connectivity index is 1.60. The van der Waals surface area contributed by atoms with Crippen molar-refractivity contribution in [3.63, 3.8) is 0 Å². The molecule has 0 amide bonds. The van der Waals surface area contributed by atoms with Gasteiger partial charge in [-0.1, -0.05) is 48.0 Å². The van der Waals surface area contributed by atoms with Crippen LogP contribution in [-0.2, 0) is 0 Å². The molecule has 4 heteroatoms. The van der Waals surface area contributed by atoms with E-state index in [9.17, 15) is 0 Å². The molecule has 0 saturated heterocycles. The molecule has 0 bridgehead atoms. The van der Waals surface area contributed by atoms with Crippen molar-refractivity contribution in [2.75, 3.05) is 0 Å². The van der Waals surface area contributed by atoms with E-state index in [0.29, 0.717) is 28.8 Å². The zero-order valence-electron chi connectivity index (χ0n) is 12.6. The van der Waals surface area contributed by atoms with E-state index >= 15 is 0 Å². The molecule has 3 aromatic rings. The quantitative estimate of drug-likeness (QED) is 0.531. The molecule has 4 nitrogen and oxygen atoms in total. The number of nitrogens with zero attached hydrogens (tertiary/aromatic N) is 2. The second kappa shape index (κ2) is 5.57. The minimum absolute atomic E-state index is 0.385. The zero-order chi connectivity index (χ0) is 15.6. The van der Waals surface area contributed by atoms with Gasteiger partial charge in [0.15, 0.2) is 17.2 Å². The Morgan fingerprint density at radius 2 is 1.52 bits per heavy atom. The molecular formula is C19H14N2O2. The van der Waals surface area contributed by atoms with Gasteiger partial charge in [0.05, 0.1) is 5.69 Å². The number of para-hydroxylation sites is 2. The number of ether oxygens (including phenoxy) is 2. The molecule has 0 unspecified atom stereocenters. The Morgan fingerprint density at radius 1 is 0.783 bits per heavy atom. The second-order valence-electron chi connectivity index (χ2n) is 5.33. The van der Waals surface area contributed by atoms with E-state index in [1.807, 2.05) is 42.5 Å². The fraction of sp³-hybridized carbons (Fsp3) is 0.0526. The zero-order valence-corrected chi connectivity index (χ0v) is 12.6. The monoisotopic (exact) mass is 302 g/mol. The predicted octanol–water partition coefficient (Wildman–Crippen LogP) is 4.85. The maximum atomic E-state index is 5.82. The van der Waals surface area contributed by atoms with E-state index in [-0.39, 0.29) is 0 Å². The van der Waals surface area contributed by atoms with Crippen LogP contribution in [0, 0.1) is 6.92 Å². The highest BCUT2D eigenvalue weighted by molar-refractivity contribution is 5.69. The van der Waals surface area contributed by atoms with Gasteiger partial charge in [-0.3, -0.25) is 0 Å². The molecule has 0 atom stereocenters. The molecule has 0 fully saturated rings. The molecule has 2 heterocycles. The Kier molecular flexibility index (Phi) is 3.27. The van der Waals surface area contributed by atoms with Crippen molar-refractivity contribution in [1.29, 1.82) is 0 Å². The van der Waals surface area contributed by atoms with Gasteiger partial charge in [-0.15, -0.1) is 10.2 Å². The van der Waals surface area contributed by atoms with Crippen LogP contribution in [0.2, 0.25) is 0 Å². The van der Waals surface area contributed by atoms with Gasteiger partial charge < -0.3 is 9.47 Å². The molecule has 4 rings (SSSR count). The summed E-state index contributed by atoms with van der Waals surface area (Å²) < 4.78 is 11.5. The summed E-state index contributed by atoms with van der Waals surface area (Å²) in [6.45, 7) is 2.07. The van der Waals surface area contributed by atoms with Crippen LogP contribution in [-0.4, -0.2) is 10.2 Å². The Hall–Kier alpha value is -3.14. The van der Waals surface area contributed by atoms with E-state index < -0.39 is 0 Å². The highest BCUT2D eigenvalue weighted by atomic mass is 16.6. The molecule has 1 aliphatic heterocycles.